The third kappa shape index (κ3) is 3.42. The van der Waals surface area contributed by atoms with Gasteiger partial charge in [0, 0.05) is 32.1 Å². The minimum Gasteiger partial charge on any atom is -0.337 e. The Bertz CT molecular complexity index is 1010. The summed E-state index contributed by atoms with van der Waals surface area (Å²) in [5.74, 6) is 2.37. The van der Waals surface area contributed by atoms with Crippen LogP contribution >= 0.6 is 0 Å². The summed E-state index contributed by atoms with van der Waals surface area (Å²) in [6.07, 6.45) is 3.49. The Morgan fingerprint density at radius 2 is 1.86 bits per heavy atom. The van der Waals surface area contributed by atoms with Gasteiger partial charge >= 0.3 is 0 Å². The molecule has 4 heterocycles. The van der Waals surface area contributed by atoms with Gasteiger partial charge in [0.25, 0.3) is 5.91 Å². The van der Waals surface area contributed by atoms with E-state index in [9.17, 15) is 4.79 Å². The van der Waals surface area contributed by atoms with Crippen LogP contribution < -0.4 is 5.32 Å². The van der Waals surface area contributed by atoms with E-state index in [0.717, 1.165) is 49.8 Å². The van der Waals surface area contributed by atoms with Crippen LogP contribution in [0.2, 0.25) is 0 Å². The number of amides is 1. The van der Waals surface area contributed by atoms with Crippen molar-refractivity contribution in [1.29, 1.82) is 0 Å². The van der Waals surface area contributed by atoms with E-state index in [1.54, 1.807) is 10.9 Å². The lowest BCUT2D eigenvalue weighted by Gasteiger charge is -2.31. The van der Waals surface area contributed by atoms with Gasteiger partial charge in [0.15, 0.2) is 5.69 Å². The monoisotopic (exact) mass is 392 g/mol. The van der Waals surface area contributed by atoms with Crippen LogP contribution in [0.15, 0.2) is 30.5 Å². The van der Waals surface area contributed by atoms with Gasteiger partial charge in [-0.1, -0.05) is 22.9 Å². The zero-order valence-electron chi connectivity index (χ0n) is 16.5. The Morgan fingerprint density at radius 3 is 2.66 bits per heavy atom. The second-order valence-electron chi connectivity index (χ2n) is 7.75. The molecule has 29 heavy (non-hydrogen) atoms. The van der Waals surface area contributed by atoms with Gasteiger partial charge < -0.3 is 14.8 Å². The number of benzene rings is 1. The fraction of sp³-hybridized carbons (Fsp3) is 0.450. The molecule has 0 atom stereocenters. The second-order valence-corrected chi connectivity index (χ2v) is 7.75. The third-order valence-electron chi connectivity index (χ3n) is 5.81. The molecule has 0 unspecified atom stereocenters. The van der Waals surface area contributed by atoms with Crippen molar-refractivity contribution in [2.24, 2.45) is 0 Å². The van der Waals surface area contributed by atoms with Crippen LogP contribution in [0.4, 0.5) is 0 Å². The van der Waals surface area contributed by atoms with Crippen LogP contribution in [0.25, 0.3) is 5.69 Å². The first-order chi connectivity index (χ1) is 14.2. The lowest BCUT2D eigenvalue weighted by atomic mass is 9.95. The highest BCUT2D eigenvalue weighted by atomic mass is 16.2. The molecule has 2 aliphatic rings. The van der Waals surface area contributed by atoms with Crippen molar-refractivity contribution in [1.82, 2.24) is 40.0 Å². The summed E-state index contributed by atoms with van der Waals surface area (Å²) in [6, 6.07) is 7.97. The number of rotatable bonds is 3. The summed E-state index contributed by atoms with van der Waals surface area (Å²) >= 11 is 0. The van der Waals surface area contributed by atoms with Crippen LogP contribution in [-0.2, 0) is 13.1 Å². The number of fused-ring (bicyclic) bond motifs is 1. The van der Waals surface area contributed by atoms with Crippen molar-refractivity contribution in [2.45, 2.75) is 38.8 Å². The number of nitrogens with zero attached hydrogens (tertiary/aromatic N) is 7. The van der Waals surface area contributed by atoms with E-state index in [1.165, 1.54) is 5.56 Å². The van der Waals surface area contributed by atoms with Gasteiger partial charge in [-0.15, -0.1) is 15.3 Å². The molecule has 0 bridgehead atoms. The second kappa shape index (κ2) is 7.40. The Labute approximate surface area is 168 Å². The molecule has 2 aliphatic heterocycles. The zero-order chi connectivity index (χ0) is 19.8. The molecule has 0 radical (unpaired) electrons. The molecule has 2 aromatic heterocycles. The largest absolute Gasteiger partial charge is 0.337 e. The maximum Gasteiger partial charge on any atom is 0.276 e. The molecule has 3 aromatic rings. The molecule has 1 fully saturated rings. The van der Waals surface area contributed by atoms with Gasteiger partial charge in [-0.2, -0.15) is 0 Å². The van der Waals surface area contributed by atoms with Crippen LogP contribution in [0.5, 0.6) is 0 Å². The van der Waals surface area contributed by atoms with Gasteiger partial charge in [0.1, 0.15) is 11.6 Å². The summed E-state index contributed by atoms with van der Waals surface area (Å²) in [7, 11) is 0. The first-order valence-corrected chi connectivity index (χ1v) is 10.1. The smallest absolute Gasteiger partial charge is 0.276 e. The zero-order valence-corrected chi connectivity index (χ0v) is 16.5. The number of hydrogen-bond acceptors (Lipinski definition) is 6. The number of hydrogen-bond donors (Lipinski definition) is 1. The molecule has 0 spiro atoms. The summed E-state index contributed by atoms with van der Waals surface area (Å²) < 4.78 is 3.89. The molecule has 0 saturated carbocycles. The molecule has 1 saturated heterocycles. The molecule has 0 aliphatic carbocycles. The van der Waals surface area contributed by atoms with E-state index in [2.05, 4.69) is 30.4 Å². The topological polar surface area (TPSA) is 93.8 Å². The molecular weight excluding hydrogens is 368 g/mol. The number of carbonyl (C=O) groups excluding carboxylic acids is 1. The number of nitrogens with one attached hydrogen (secondary N) is 1. The lowest BCUT2D eigenvalue weighted by molar-refractivity contribution is 0.0704. The Hall–Kier alpha value is -3.07. The van der Waals surface area contributed by atoms with Crippen molar-refractivity contribution in [3.63, 3.8) is 0 Å². The molecule has 1 amide bonds. The Balaban J connectivity index is 1.25. The van der Waals surface area contributed by atoms with E-state index in [1.807, 2.05) is 36.1 Å². The molecule has 5 rings (SSSR count). The molecule has 1 N–H and O–H groups in total. The highest BCUT2D eigenvalue weighted by Gasteiger charge is 2.30. The average Bonchev–Trinajstić information content (AvgIpc) is 3.42. The van der Waals surface area contributed by atoms with E-state index in [-0.39, 0.29) is 5.91 Å². The number of carbonyl (C=O) groups is 1. The standard InChI is InChI=1S/C20H24N8O/c1-14-2-4-16(5-3-14)28-13-17(22-25-28)20(29)26-9-6-15(7-10-26)19-24-23-18-12-21-8-11-27(18)19/h2-5,13,15,21H,6-12H2,1H3. The highest BCUT2D eigenvalue weighted by Crippen LogP contribution is 2.28. The van der Waals surface area contributed by atoms with Gasteiger partial charge in [0.2, 0.25) is 0 Å². The van der Waals surface area contributed by atoms with Crippen molar-refractivity contribution in [3.05, 3.63) is 53.4 Å². The molecule has 9 nitrogen and oxygen atoms in total. The van der Waals surface area contributed by atoms with Crippen LogP contribution in [0.3, 0.4) is 0 Å². The van der Waals surface area contributed by atoms with E-state index in [0.29, 0.717) is 24.7 Å². The summed E-state index contributed by atoms with van der Waals surface area (Å²) in [6.45, 7) is 6.07. The Kier molecular flexibility index (Phi) is 4.59. The van der Waals surface area contributed by atoms with Crippen molar-refractivity contribution in [3.8, 4) is 5.69 Å². The van der Waals surface area contributed by atoms with E-state index < -0.39 is 0 Å². The molecule has 9 heteroatoms. The number of piperidine rings is 1. The van der Waals surface area contributed by atoms with Crippen molar-refractivity contribution >= 4 is 5.91 Å². The summed E-state index contributed by atoms with van der Waals surface area (Å²) in [5, 5.41) is 20.3. The van der Waals surface area contributed by atoms with Gasteiger partial charge in [0.05, 0.1) is 18.4 Å². The first-order valence-electron chi connectivity index (χ1n) is 10.1. The Morgan fingerprint density at radius 1 is 1.07 bits per heavy atom. The number of aryl methyl sites for hydroxylation is 1. The maximum absolute atomic E-state index is 12.9. The van der Waals surface area contributed by atoms with Crippen LogP contribution in [0.1, 0.15) is 46.5 Å². The predicted octanol–water partition coefficient (Wildman–Crippen LogP) is 1.29. The molecular formula is C20H24N8O. The predicted molar refractivity (Wildman–Crippen MR) is 106 cm³/mol. The fourth-order valence-corrected chi connectivity index (χ4v) is 4.10. The lowest BCUT2D eigenvalue weighted by Crippen LogP contribution is -2.39. The number of aromatic nitrogens is 6. The van der Waals surface area contributed by atoms with Gasteiger partial charge in [-0.25, -0.2) is 4.68 Å². The minimum absolute atomic E-state index is 0.0608. The molecule has 150 valence electrons. The summed E-state index contributed by atoms with van der Waals surface area (Å²) in [5.41, 5.74) is 2.46. The van der Waals surface area contributed by atoms with Crippen molar-refractivity contribution in [2.75, 3.05) is 19.6 Å². The molecule has 1 aromatic carbocycles. The van der Waals surface area contributed by atoms with Crippen LogP contribution in [-0.4, -0.2) is 60.2 Å². The SMILES string of the molecule is Cc1ccc(-n2cc(C(=O)N3CCC(c4nnc5n4CCNC5)CC3)nn2)cc1. The van der Waals surface area contributed by atoms with Crippen molar-refractivity contribution < 1.29 is 4.79 Å². The van der Waals surface area contributed by atoms with E-state index in [4.69, 9.17) is 0 Å². The van der Waals surface area contributed by atoms with Crippen LogP contribution in [0, 0.1) is 6.92 Å². The minimum atomic E-state index is -0.0608. The summed E-state index contributed by atoms with van der Waals surface area (Å²) in [4.78, 5) is 14.8. The van der Waals surface area contributed by atoms with Gasteiger partial charge in [-0.3, -0.25) is 4.79 Å². The van der Waals surface area contributed by atoms with E-state index >= 15 is 0 Å². The highest BCUT2D eigenvalue weighted by molar-refractivity contribution is 5.92. The third-order valence-corrected chi connectivity index (χ3v) is 5.81. The quantitative estimate of drug-likeness (QED) is 0.722. The fourth-order valence-electron chi connectivity index (χ4n) is 4.10. The average molecular weight is 392 g/mol. The number of likely N-dealkylation sites (tertiary alicyclic amines) is 1. The maximum atomic E-state index is 12.9. The first kappa shape index (κ1) is 18.0. The normalized spacial score (nSPS) is 17.3. The van der Waals surface area contributed by atoms with Gasteiger partial charge in [-0.05, 0) is 31.9 Å².